The number of nitrogens with zero attached hydrogens (tertiary/aromatic N) is 1. The number of furan rings is 1. The lowest BCUT2D eigenvalue weighted by atomic mass is 10.0. The van der Waals surface area contributed by atoms with E-state index >= 15 is 0 Å². The summed E-state index contributed by atoms with van der Waals surface area (Å²) in [4.78, 5) is 26.4. The number of anilines is 1. The van der Waals surface area contributed by atoms with E-state index in [0.29, 0.717) is 6.54 Å². The second kappa shape index (κ2) is 6.91. The third kappa shape index (κ3) is 3.21. The number of amides is 1. The predicted octanol–water partition coefficient (Wildman–Crippen LogP) is 3.72. The van der Waals surface area contributed by atoms with Gasteiger partial charge in [0.15, 0.2) is 6.61 Å². The number of hydrogen-bond acceptors (Lipinski definition) is 4. The normalized spacial score (nSPS) is 13.0. The first-order valence-electron chi connectivity index (χ1n) is 9.05. The lowest BCUT2D eigenvalue weighted by Gasteiger charge is -2.17. The van der Waals surface area contributed by atoms with E-state index in [2.05, 4.69) is 0 Å². The number of aryl methyl sites for hydroxylation is 2. The minimum atomic E-state index is -0.434. The van der Waals surface area contributed by atoms with Crippen LogP contribution in [0.25, 0.3) is 11.0 Å². The fourth-order valence-electron chi connectivity index (χ4n) is 3.55. The smallest absolute Gasteiger partial charge is 0.310 e. The van der Waals surface area contributed by atoms with Gasteiger partial charge in [-0.3, -0.25) is 9.59 Å². The van der Waals surface area contributed by atoms with Gasteiger partial charge in [0.25, 0.3) is 5.91 Å². The van der Waals surface area contributed by atoms with Crippen molar-refractivity contribution >= 4 is 28.5 Å². The molecule has 0 fully saturated rings. The second-order valence-electron chi connectivity index (χ2n) is 6.91. The summed E-state index contributed by atoms with van der Waals surface area (Å²) in [5.74, 6) is -0.631. The number of ether oxygens (including phenoxy) is 1. The predicted molar refractivity (Wildman–Crippen MR) is 103 cm³/mol. The average Bonchev–Trinajstić information content (AvgIpc) is 3.27. The van der Waals surface area contributed by atoms with Gasteiger partial charge in [0, 0.05) is 23.2 Å². The molecule has 1 amide bonds. The highest BCUT2D eigenvalue weighted by Gasteiger charge is 2.25. The summed E-state index contributed by atoms with van der Waals surface area (Å²) < 4.78 is 10.9. The molecule has 5 nitrogen and oxygen atoms in total. The topological polar surface area (TPSA) is 59.8 Å². The summed E-state index contributed by atoms with van der Waals surface area (Å²) in [6.45, 7) is 4.39. The Balaban J connectivity index is 1.39. The van der Waals surface area contributed by atoms with Crippen molar-refractivity contribution in [2.45, 2.75) is 26.7 Å². The van der Waals surface area contributed by atoms with E-state index in [1.54, 1.807) is 11.2 Å². The standard InChI is InChI=1S/C22H21NO4/c1-14-7-8-18-17(12-27-22(18)15(14)2)11-21(25)26-13-20(24)23-10-9-16-5-3-4-6-19(16)23/h3-8,12H,9-11,13H2,1-2H3. The Morgan fingerprint density at radius 2 is 1.96 bits per heavy atom. The molecule has 0 aliphatic carbocycles. The van der Waals surface area contributed by atoms with Crippen LogP contribution in [0.2, 0.25) is 0 Å². The summed E-state index contributed by atoms with van der Waals surface area (Å²) in [6, 6.07) is 11.8. The molecule has 0 saturated carbocycles. The van der Waals surface area contributed by atoms with Crippen molar-refractivity contribution in [1.82, 2.24) is 0 Å². The maximum atomic E-state index is 12.4. The molecule has 1 aliphatic heterocycles. The van der Waals surface area contributed by atoms with Gasteiger partial charge in [0.2, 0.25) is 0 Å². The van der Waals surface area contributed by atoms with Gasteiger partial charge in [0.05, 0.1) is 12.7 Å². The highest BCUT2D eigenvalue weighted by atomic mass is 16.5. The number of rotatable bonds is 4. The van der Waals surface area contributed by atoms with Crippen LogP contribution in [0.4, 0.5) is 5.69 Å². The molecule has 0 atom stereocenters. The highest BCUT2D eigenvalue weighted by Crippen LogP contribution is 2.28. The fourth-order valence-corrected chi connectivity index (χ4v) is 3.55. The van der Waals surface area contributed by atoms with E-state index in [-0.39, 0.29) is 18.9 Å². The van der Waals surface area contributed by atoms with Crippen molar-refractivity contribution in [3.05, 3.63) is 64.9 Å². The Hall–Kier alpha value is -3.08. The summed E-state index contributed by atoms with van der Waals surface area (Å²) >= 11 is 0. The van der Waals surface area contributed by atoms with Gasteiger partial charge < -0.3 is 14.1 Å². The summed E-state index contributed by atoms with van der Waals surface area (Å²) in [5, 5.41) is 0.912. The number of benzene rings is 2. The van der Waals surface area contributed by atoms with Crippen LogP contribution in [0.1, 0.15) is 22.3 Å². The third-order valence-electron chi connectivity index (χ3n) is 5.22. The van der Waals surface area contributed by atoms with Crippen LogP contribution in [0.3, 0.4) is 0 Å². The van der Waals surface area contributed by atoms with Crippen LogP contribution < -0.4 is 4.90 Å². The molecule has 138 valence electrons. The Morgan fingerprint density at radius 1 is 1.15 bits per heavy atom. The SMILES string of the molecule is Cc1ccc2c(CC(=O)OCC(=O)N3CCc4ccccc43)coc2c1C. The molecule has 0 bridgehead atoms. The molecule has 3 aromatic rings. The van der Waals surface area contributed by atoms with Gasteiger partial charge >= 0.3 is 5.97 Å². The van der Waals surface area contributed by atoms with Gasteiger partial charge in [-0.25, -0.2) is 0 Å². The van der Waals surface area contributed by atoms with Crippen LogP contribution in [0.5, 0.6) is 0 Å². The fraction of sp³-hybridized carbons (Fsp3) is 0.273. The molecule has 0 saturated heterocycles. The molecule has 2 heterocycles. The minimum Gasteiger partial charge on any atom is -0.464 e. The summed E-state index contributed by atoms with van der Waals surface area (Å²) in [7, 11) is 0. The molecule has 2 aromatic carbocycles. The molecule has 0 N–H and O–H groups in total. The largest absolute Gasteiger partial charge is 0.464 e. The Morgan fingerprint density at radius 3 is 2.81 bits per heavy atom. The van der Waals surface area contributed by atoms with E-state index in [1.807, 2.05) is 50.2 Å². The van der Waals surface area contributed by atoms with Crippen molar-refractivity contribution in [1.29, 1.82) is 0 Å². The van der Waals surface area contributed by atoms with Gasteiger partial charge in [-0.1, -0.05) is 30.3 Å². The van der Waals surface area contributed by atoms with Crippen molar-refractivity contribution in [2.75, 3.05) is 18.1 Å². The van der Waals surface area contributed by atoms with Crippen molar-refractivity contribution in [3.63, 3.8) is 0 Å². The maximum Gasteiger partial charge on any atom is 0.310 e. The number of hydrogen-bond donors (Lipinski definition) is 0. The van der Waals surface area contributed by atoms with Crippen LogP contribution in [-0.2, 0) is 27.2 Å². The van der Waals surface area contributed by atoms with Crippen LogP contribution in [0.15, 0.2) is 47.1 Å². The second-order valence-corrected chi connectivity index (χ2v) is 6.91. The van der Waals surface area contributed by atoms with Gasteiger partial charge in [0.1, 0.15) is 5.58 Å². The van der Waals surface area contributed by atoms with E-state index < -0.39 is 5.97 Å². The van der Waals surface area contributed by atoms with Gasteiger partial charge in [-0.15, -0.1) is 0 Å². The zero-order valence-corrected chi connectivity index (χ0v) is 15.5. The first kappa shape index (κ1) is 17.3. The number of fused-ring (bicyclic) bond motifs is 2. The first-order valence-corrected chi connectivity index (χ1v) is 9.05. The molecular formula is C22H21NO4. The number of esters is 1. The Kier molecular flexibility index (Phi) is 4.44. The quantitative estimate of drug-likeness (QED) is 0.663. The van der Waals surface area contributed by atoms with E-state index in [9.17, 15) is 9.59 Å². The monoisotopic (exact) mass is 363 g/mol. The number of para-hydroxylation sites is 1. The molecule has 0 spiro atoms. The summed E-state index contributed by atoms with van der Waals surface area (Å²) in [5.41, 5.74) is 5.83. The Labute approximate surface area is 157 Å². The molecule has 1 aromatic heterocycles. The molecule has 27 heavy (non-hydrogen) atoms. The maximum absolute atomic E-state index is 12.4. The Bertz CT molecular complexity index is 1030. The van der Waals surface area contributed by atoms with Crippen LogP contribution in [-0.4, -0.2) is 25.0 Å². The molecule has 5 heteroatoms. The minimum absolute atomic E-state index is 0.0827. The highest BCUT2D eigenvalue weighted by molar-refractivity contribution is 5.97. The van der Waals surface area contributed by atoms with Crippen molar-refractivity contribution in [2.24, 2.45) is 0 Å². The van der Waals surface area contributed by atoms with Crippen molar-refractivity contribution < 1.29 is 18.7 Å². The molecule has 0 radical (unpaired) electrons. The number of carbonyl (C=O) groups excluding carboxylic acids is 2. The first-order chi connectivity index (χ1) is 13.0. The zero-order chi connectivity index (χ0) is 19.0. The van der Waals surface area contributed by atoms with Crippen molar-refractivity contribution in [3.8, 4) is 0 Å². The summed E-state index contributed by atoms with van der Waals surface area (Å²) in [6.07, 6.45) is 2.51. The van der Waals surface area contributed by atoms with Crippen LogP contribution >= 0.6 is 0 Å². The lowest BCUT2D eigenvalue weighted by Crippen LogP contribution is -2.33. The van der Waals surface area contributed by atoms with E-state index in [4.69, 9.17) is 9.15 Å². The van der Waals surface area contributed by atoms with E-state index in [1.165, 1.54) is 0 Å². The zero-order valence-electron chi connectivity index (χ0n) is 15.5. The number of carbonyl (C=O) groups is 2. The van der Waals surface area contributed by atoms with E-state index in [0.717, 1.165) is 45.3 Å². The molecule has 0 unspecified atom stereocenters. The van der Waals surface area contributed by atoms with Gasteiger partial charge in [-0.2, -0.15) is 0 Å². The van der Waals surface area contributed by atoms with Crippen LogP contribution in [0, 0.1) is 13.8 Å². The molecule has 1 aliphatic rings. The third-order valence-corrected chi connectivity index (χ3v) is 5.22. The molecular weight excluding hydrogens is 342 g/mol. The molecule has 4 rings (SSSR count). The van der Waals surface area contributed by atoms with Gasteiger partial charge in [-0.05, 0) is 43.0 Å². The lowest BCUT2D eigenvalue weighted by molar-refractivity contribution is -0.147. The average molecular weight is 363 g/mol.